The zero-order valence-corrected chi connectivity index (χ0v) is 23.1. The van der Waals surface area contributed by atoms with Gasteiger partial charge < -0.3 is 10.2 Å². The Bertz CT molecular complexity index is 1250. The number of aliphatic carboxylic acids is 1. The largest absolute Gasteiger partial charge is 0.481 e. The van der Waals surface area contributed by atoms with Crippen molar-refractivity contribution < 1.29 is 15.0 Å². The van der Waals surface area contributed by atoms with Crippen molar-refractivity contribution in [2.75, 3.05) is 0 Å². The highest BCUT2D eigenvalue weighted by Gasteiger charge is 2.31. The second-order valence-corrected chi connectivity index (χ2v) is 10.2. The Kier molecular flexibility index (Phi) is 9.09. The zero-order valence-electron chi connectivity index (χ0n) is 23.1. The Labute approximate surface area is 222 Å². The second-order valence-electron chi connectivity index (χ2n) is 10.2. The lowest BCUT2D eigenvalue weighted by atomic mass is 9.69. The van der Waals surface area contributed by atoms with Gasteiger partial charge >= 0.3 is 5.97 Å². The molecule has 4 nitrogen and oxygen atoms in total. The smallest absolute Gasteiger partial charge is 0.307 e. The van der Waals surface area contributed by atoms with Crippen LogP contribution in [0.3, 0.4) is 0 Å². The Balaban J connectivity index is 1.96. The van der Waals surface area contributed by atoms with Gasteiger partial charge in [0.25, 0.3) is 0 Å². The molecule has 0 aliphatic heterocycles. The number of rotatable bonds is 11. The number of hydrogen-bond donors (Lipinski definition) is 2. The van der Waals surface area contributed by atoms with E-state index in [1.54, 1.807) is 6.20 Å². The second kappa shape index (κ2) is 11.9. The Morgan fingerprint density at radius 3 is 1.97 bits per heavy atom. The van der Waals surface area contributed by atoms with Crippen LogP contribution >= 0.6 is 0 Å². The van der Waals surface area contributed by atoms with E-state index in [1.807, 2.05) is 32.1 Å². The number of pyridine rings is 1. The molecule has 1 aromatic heterocycles. The van der Waals surface area contributed by atoms with Crippen molar-refractivity contribution in [1.29, 1.82) is 0 Å². The van der Waals surface area contributed by atoms with E-state index in [2.05, 4.69) is 75.2 Å². The van der Waals surface area contributed by atoms with Crippen molar-refractivity contribution in [3.8, 4) is 11.3 Å². The first-order chi connectivity index (χ1) is 17.6. The number of carboxylic acid groups (broad SMARTS) is 1. The van der Waals surface area contributed by atoms with Crippen LogP contribution in [0.2, 0.25) is 0 Å². The van der Waals surface area contributed by atoms with E-state index in [0.717, 1.165) is 35.2 Å². The molecule has 0 atom stereocenters. The molecule has 196 valence electrons. The molecule has 2 N–H and O–H groups in total. The highest BCUT2D eigenvalue weighted by Crippen LogP contribution is 2.41. The fourth-order valence-corrected chi connectivity index (χ4v) is 5.24. The molecular weight excluding hydrogens is 458 g/mol. The normalized spacial score (nSPS) is 12.3. The highest BCUT2D eigenvalue weighted by atomic mass is 16.4. The summed E-state index contributed by atoms with van der Waals surface area (Å²) in [5.74, 6) is -0.853. The lowest BCUT2D eigenvalue weighted by molar-refractivity contribution is -0.136. The fraction of sp³-hybridized carbons (Fsp3) is 0.394. The summed E-state index contributed by atoms with van der Waals surface area (Å²) in [5, 5.41) is 19.7. The van der Waals surface area contributed by atoms with Crippen molar-refractivity contribution >= 4 is 12.0 Å². The number of carbonyl (C=O) groups is 1. The van der Waals surface area contributed by atoms with E-state index in [-0.39, 0.29) is 11.8 Å². The molecule has 37 heavy (non-hydrogen) atoms. The standard InChI is InChI=1S/C33H41NO3/c1-7-32(37,8-2)18-17-26-12-13-27(19-23(26)5)33(9-3,10-4)28-14-15-29(24(6)20-28)30-16-11-25(22-34-30)21-31(35)36/h11-20,22,37H,7-10,21H2,1-6H3,(H,35,36). The number of benzene rings is 2. The summed E-state index contributed by atoms with van der Waals surface area (Å²) < 4.78 is 0. The third-order valence-electron chi connectivity index (χ3n) is 8.06. The first-order valence-corrected chi connectivity index (χ1v) is 13.4. The van der Waals surface area contributed by atoms with Crippen molar-refractivity contribution in [1.82, 2.24) is 4.98 Å². The first kappa shape index (κ1) is 28.3. The average Bonchev–Trinajstić information content (AvgIpc) is 2.89. The summed E-state index contributed by atoms with van der Waals surface area (Å²) in [5.41, 5.74) is 7.82. The van der Waals surface area contributed by atoms with Crippen LogP contribution in [-0.4, -0.2) is 26.8 Å². The molecule has 0 unspecified atom stereocenters. The Morgan fingerprint density at radius 2 is 1.49 bits per heavy atom. The maximum Gasteiger partial charge on any atom is 0.307 e. The first-order valence-electron chi connectivity index (χ1n) is 13.4. The fourth-order valence-electron chi connectivity index (χ4n) is 5.24. The van der Waals surface area contributed by atoms with Crippen molar-refractivity contribution in [2.45, 2.75) is 84.7 Å². The van der Waals surface area contributed by atoms with Gasteiger partial charge in [0.2, 0.25) is 0 Å². The number of carboxylic acids is 1. The Hall–Kier alpha value is -3.24. The number of aromatic nitrogens is 1. The van der Waals surface area contributed by atoms with Gasteiger partial charge in [-0.25, -0.2) is 0 Å². The predicted molar refractivity (Wildman–Crippen MR) is 153 cm³/mol. The van der Waals surface area contributed by atoms with E-state index in [0.29, 0.717) is 18.4 Å². The summed E-state index contributed by atoms with van der Waals surface area (Å²) in [6.45, 7) is 12.8. The van der Waals surface area contributed by atoms with Gasteiger partial charge in [0.15, 0.2) is 0 Å². The average molecular weight is 500 g/mol. The van der Waals surface area contributed by atoms with Gasteiger partial charge in [-0.15, -0.1) is 0 Å². The van der Waals surface area contributed by atoms with Gasteiger partial charge in [0, 0.05) is 17.2 Å². The maximum atomic E-state index is 11.0. The molecule has 3 aromatic rings. The number of nitrogens with zero attached hydrogens (tertiary/aromatic N) is 1. The topological polar surface area (TPSA) is 70.4 Å². The molecule has 0 aliphatic rings. The predicted octanol–water partition coefficient (Wildman–Crippen LogP) is 7.66. The molecule has 0 bridgehead atoms. The summed E-state index contributed by atoms with van der Waals surface area (Å²) >= 11 is 0. The molecule has 0 aliphatic carbocycles. The number of hydrogen-bond acceptors (Lipinski definition) is 3. The van der Waals surface area contributed by atoms with Gasteiger partial charge in [-0.1, -0.05) is 82.3 Å². The van der Waals surface area contributed by atoms with Crippen LogP contribution in [0.4, 0.5) is 0 Å². The minimum Gasteiger partial charge on any atom is -0.481 e. The van der Waals surface area contributed by atoms with Gasteiger partial charge in [-0.2, -0.15) is 0 Å². The molecule has 3 rings (SSSR count). The summed E-state index contributed by atoms with van der Waals surface area (Å²) in [6.07, 6.45) is 8.97. The van der Waals surface area contributed by atoms with Gasteiger partial charge in [-0.3, -0.25) is 9.78 Å². The summed E-state index contributed by atoms with van der Waals surface area (Å²) in [7, 11) is 0. The molecule has 0 saturated carbocycles. The van der Waals surface area contributed by atoms with Crippen LogP contribution in [0.1, 0.15) is 86.8 Å². The van der Waals surface area contributed by atoms with E-state index in [4.69, 9.17) is 5.11 Å². The number of aryl methyl sites for hydroxylation is 2. The van der Waals surface area contributed by atoms with Crippen LogP contribution < -0.4 is 0 Å². The van der Waals surface area contributed by atoms with Crippen LogP contribution in [0.15, 0.2) is 60.8 Å². The van der Waals surface area contributed by atoms with E-state index in [9.17, 15) is 9.90 Å². The molecule has 0 spiro atoms. The molecule has 4 heteroatoms. The van der Waals surface area contributed by atoms with Crippen molar-refractivity contribution in [3.63, 3.8) is 0 Å². The van der Waals surface area contributed by atoms with E-state index < -0.39 is 11.6 Å². The minimum atomic E-state index is -0.853. The molecule has 1 heterocycles. The quantitative estimate of drug-likeness (QED) is 0.284. The number of aliphatic hydroxyl groups is 1. The molecule has 0 fully saturated rings. The third kappa shape index (κ3) is 6.19. The van der Waals surface area contributed by atoms with Crippen LogP contribution in [-0.2, 0) is 16.6 Å². The summed E-state index contributed by atoms with van der Waals surface area (Å²) in [6, 6.07) is 17.1. The van der Waals surface area contributed by atoms with Gasteiger partial charge in [-0.05, 0) is 79.0 Å². The van der Waals surface area contributed by atoms with Crippen LogP contribution in [0.5, 0.6) is 0 Å². The lowest BCUT2D eigenvalue weighted by Crippen LogP contribution is -2.26. The monoisotopic (exact) mass is 499 g/mol. The van der Waals surface area contributed by atoms with E-state index >= 15 is 0 Å². The van der Waals surface area contributed by atoms with Crippen LogP contribution in [0, 0.1) is 13.8 Å². The lowest BCUT2D eigenvalue weighted by Gasteiger charge is -2.34. The highest BCUT2D eigenvalue weighted by molar-refractivity contribution is 5.71. The maximum absolute atomic E-state index is 11.0. The SMILES string of the molecule is CCC(O)(C=Cc1ccc(C(CC)(CC)c2ccc(-c3ccc(CC(=O)O)cn3)c(C)c2)cc1C)CC. The molecular formula is C33H41NO3. The zero-order chi connectivity index (χ0) is 27.2. The molecule has 0 saturated heterocycles. The Morgan fingerprint density at radius 1 is 0.865 bits per heavy atom. The molecule has 2 aromatic carbocycles. The molecule has 0 radical (unpaired) electrons. The van der Waals surface area contributed by atoms with Crippen molar-refractivity contribution in [2.24, 2.45) is 0 Å². The minimum absolute atomic E-state index is 0.0210. The third-order valence-corrected chi connectivity index (χ3v) is 8.06. The van der Waals surface area contributed by atoms with E-state index in [1.165, 1.54) is 16.7 Å². The van der Waals surface area contributed by atoms with Crippen molar-refractivity contribution in [3.05, 3.63) is 94.2 Å². The van der Waals surface area contributed by atoms with Gasteiger partial charge in [0.1, 0.15) is 0 Å². The van der Waals surface area contributed by atoms with Gasteiger partial charge in [0.05, 0.1) is 17.7 Å². The summed E-state index contributed by atoms with van der Waals surface area (Å²) in [4.78, 5) is 15.5. The molecule has 0 amide bonds. The van der Waals surface area contributed by atoms with Crippen LogP contribution in [0.25, 0.3) is 17.3 Å².